The van der Waals surface area contributed by atoms with Crippen LogP contribution in [0.4, 0.5) is 0 Å². The average Bonchev–Trinajstić information content (AvgIpc) is 2.90. The standard InChI is InChI=1S/C16H31NO2/c1-3-5-6-7-10-14(9-4-2)16(19)17-12-8-11-15(17)13-18/h14-15,18H,3-13H2,1-2H3/t14-,15-/m0/s1. The van der Waals surface area contributed by atoms with E-state index in [9.17, 15) is 9.90 Å². The van der Waals surface area contributed by atoms with E-state index in [1.54, 1.807) is 0 Å². The van der Waals surface area contributed by atoms with E-state index >= 15 is 0 Å². The summed E-state index contributed by atoms with van der Waals surface area (Å²) in [6.45, 7) is 5.34. The minimum Gasteiger partial charge on any atom is -0.394 e. The van der Waals surface area contributed by atoms with Gasteiger partial charge in [0.2, 0.25) is 5.91 Å². The SMILES string of the molecule is CCCCCC[C@H](CCC)C(=O)N1CCC[C@H]1CO. The van der Waals surface area contributed by atoms with Gasteiger partial charge < -0.3 is 10.0 Å². The van der Waals surface area contributed by atoms with E-state index in [-0.39, 0.29) is 18.6 Å². The Hall–Kier alpha value is -0.570. The molecule has 1 aliphatic heterocycles. The minimum absolute atomic E-state index is 0.0856. The van der Waals surface area contributed by atoms with Gasteiger partial charge >= 0.3 is 0 Å². The van der Waals surface area contributed by atoms with E-state index in [1.165, 1.54) is 25.7 Å². The smallest absolute Gasteiger partial charge is 0.226 e. The van der Waals surface area contributed by atoms with Crippen molar-refractivity contribution < 1.29 is 9.90 Å². The molecule has 0 spiro atoms. The summed E-state index contributed by atoms with van der Waals surface area (Å²) < 4.78 is 0. The van der Waals surface area contributed by atoms with Gasteiger partial charge in [-0.3, -0.25) is 4.79 Å². The molecule has 0 aromatic rings. The normalized spacial score (nSPS) is 20.8. The fourth-order valence-corrected chi connectivity index (χ4v) is 3.11. The van der Waals surface area contributed by atoms with E-state index in [2.05, 4.69) is 13.8 Å². The molecule has 3 nitrogen and oxygen atoms in total. The van der Waals surface area contributed by atoms with Gasteiger partial charge in [0.25, 0.3) is 0 Å². The Labute approximate surface area is 118 Å². The van der Waals surface area contributed by atoms with Gasteiger partial charge in [0.15, 0.2) is 0 Å². The predicted molar refractivity (Wildman–Crippen MR) is 79.0 cm³/mol. The number of hydrogen-bond acceptors (Lipinski definition) is 2. The summed E-state index contributed by atoms with van der Waals surface area (Å²) in [6.07, 6.45) is 10.0. The van der Waals surface area contributed by atoms with Crippen LogP contribution in [0.15, 0.2) is 0 Å². The fraction of sp³-hybridized carbons (Fsp3) is 0.938. The third-order valence-corrected chi connectivity index (χ3v) is 4.26. The molecule has 1 aliphatic rings. The third-order valence-electron chi connectivity index (χ3n) is 4.26. The first-order chi connectivity index (χ1) is 9.24. The Morgan fingerprint density at radius 1 is 1.21 bits per heavy atom. The first-order valence-corrected chi connectivity index (χ1v) is 8.15. The summed E-state index contributed by atoms with van der Waals surface area (Å²) in [5.74, 6) is 0.490. The van der Waals surface area contributed by atoms with Crippen LogP contribution in [-0.2, 0) is 4.79 Å². The second-order valence-electron chi connectivity index (χ2n) is 5.85. The molecule has 112 valence electrons. The summed E-state index contributed by atoms with van der Waals surface area (Å²) in [5, 5.41) is 9.35. The number of unbranched alkanes of at least 4 members (excludes halogenated alkanes) is 3. The molecule has 1 heterocycles. The summed E-state index contributed by atoms with van der Waals surface area (Å²) >= 11 is 0. The molecule has 0 unspecified atom stereocenters. The number of rotatable bonds is 9. The van der Waals surface area contributed by atoms with Crippen LogP contribution in [0, 0.1) is 5.92 Å². The van der Waals surface area contributed by atoms with Crippen molar-refractivity contribution in [3.8, 4) is 0 Å². The third kappa shape index (κ3) is 5.13. The van der Waals surface area contributed by atoms with Crippen LogP contribution in [0.1, 0.15) is 71.6 Å². The van der Waals surface area contributed by atoms with Crippen LogP contribution < -0.4 is 0 Å². The van der Waals surface area contributed by atoms with Gasteiger partial charge in [0.05, 0.1) is 12.6 Å². The van der Waals surface area contributed by atoms with Crippen molar-refractivity contribution >= 4 is 5.91 Å². The number of aliphatic hydroxyl groups excluding tert-OH is 1. The number of likely N-dealkylation sites (tertiary alicyclic amines) is 1. The van der Waals surface area contributed by atoms with Gasteiger partial charge in [-0.25, -0.2) is 0 Å². The second-order valence-corrected chi connectivity index (χ2v) is 5.85. The average molecular weight is 269 g/mol. The Balaban J connectivity index is 2.46. The summed E-state index contributed by atoms with van der Waals surface area (Å²) in [4.78, 5) is 14.5. The van der Waals surface area contributed by atoms with Gasteiger partial charge in [-0.15, -0.1) is 0 Å². The van der Waals surface area contributed by atoms with Crippen molar-refractivity contribution in [3.05, 3.63) is 0 Å². The van der Waals surface area contributed by atoms with E-state index in [0.717, 1.165) is 38.6 Å². The fourth-order valence-electron chi connectivity index (χ4n) is 3.11. The zero-order valence-corrected chi connectivity index (χ0v) is 12.7. The molecule has 0 aromatic heterocycles. The largest absolute Gasteiger partial charge is 0.394 e. The quantitative estimate of drug-likeness (QED) is 0.652. The molecule has 19 heavy (non-hydrogen) atoms. The van der Waals surface area contributed by atoms with E-state index in [1.807, 2.05) is 4.90 Å². The molecule has 3 heteroatoms. The highest BCUT2D eigenvalue weighted by atomic mass is 16.3. The molecular formula is C16H31NO2. The van der Waals surface area contributed by atoms with E-state index in [4.69, 9.17) is 0 Å². The number of nitrogens with zero attached hydrogens (tertiary/aromatic N) is 1. The minimum atomic E-state index is 0.0856. The first kappa shape index (κ1) is 16.5. The van der Waals surface area contributed by atoms with Crippen molar-refractivity contribution in [2.24, 2.45) is 5.92 Å². The number of carbonyl (C=O) groups excluding carboxylic acids is 1. The van der Waals surface area contributed by atoms with E-state index in [0.29, 0.717) is 5.91 Å². The highest BCUT2D eigenvalue weighted by molar-refractivity contribution is 5.79. The number of carbonyl (C=O) groups is 1. The van der Waals surface area contributed by atoms with Crippen molar-refractivity contribution in [2.75, 3.05) is 13.2 Å². The molecule has 1 rings (SSSR count). The number of hydrogen-bond donors (Lipinski definition) is 1. The Bertz CT molecular complexity index is 255. The summed E-state index contributed by atoms with van der Waals surface area (Å²) in [6, 6.07) is 0.0856. The molecular weight excluding hydrogens is 238 g/mol. The van der Waals surface area contributed by atoms with Crippen LogP contribution in [-0.4, -0.2) is 35.1 Å². The molecule has 2 atom stereocenters. The molecule has 1 N–H and O–H groups in total. The number of amides is 1. The lowest BCUT2D eigenvalue weighted by Crippen LogP contribution is -2.41. The maximum absolute atomic E-state index is 12.6. The molecule has 1 saturated heterocycles. The maximum Gasteiger partial charge on any atom is 0.226 e. The summed E-state index contributed by atoms with van der Waals surface area (Å²) in [5.41, 5.74) is 0. The van der Waals surface area contributed by atoms with Crippen LogP contribution in [0.5, 0.6) is 0 Å². The van der Waals surface area contributed by atoms with Gasteiger partial charge in [0, 0.05) is 12.5 Å². The van der Waals surface area contributed by atoms with Crippen molar-refractivity contribution in [3.63, 3.8) is 0 Å². The van der Waals surface area contributed by atoms with Crippen molar-refractivity contribution in [1.29, 1.82) is 0 Å². The highest BCUT2D eigenvalue weighted by Gasteiger charge is 2.31. The van der Waals surface area contributed by atoms with E-state index < -0.39 is 0 Å². The molecule has 1 fully saturated rings. The summed E-state index contributed by atoms with van der Waals surface area (Å²) in [7, 11) is 0. The molecule has 0 saturated carbocycles. The molecule has 1 amide bonds. The monoisotopic (exact) mass is 269 g/mol. The zero-order chi connectivity index (χ0) is 14.1. The van der Waals surface area contributed by atoms with Crippen LogP contribution >= 0.6 is 0 Å². The predicted octanol–water partition coefficient (Wildman–Crippen LogP) is 3.36. The van der Waals surface area contributed by atoms with Crippen LogP contribution in [0.25, 0.3) is 0 Å². The molecule has 0 aliphatic carbocycles. The Kier molecular flexibility index (Phi) is 8.11. The Morgan fingerprint density at radius 3 is 2.63 bits per heavy atom. The lowest BCUT2D eigenvalue weighted by molar-refractivity contribution is -0.137. The van der Waals surface area contributed by atoms with Crippen LogP contribution in [0.2, 0.25) is 0 Å². The van der Waals surface area contributed by atoms with Gasteiger partial charge in [-0.2, -0.15) is 0 Å². The second kappa shape index (κ2) is 9.35. The zero-order valence-electron chi connectivity index (χ0n) is 12.7. The van der Waals surface area contributed by atoms with Crippen LogP contribution in [0.3, 0.4) is 0 Å². The molecule has 0 radical (unpaired) electrons. The Morgan fingerprint density at radius 2 is 2.00 bits per heavy atom. The first-order valence-electron chi connectivity index (χ1n) is 8.15. The van der Waals surface area contributed by atoms with Crippen molar-refractivity contribution in [1.82, 2.24) is 4.90 Å². The number of aliphatic hydroxyl groups is 1. The maximum atomic E-state index is 12.6. The van der Waals surface area contributed by atoms with Gasteiger partial charge in [-0.1, -0.05) is 46.0 Å². The highest BCUT2D eigenvalue weighted by Crippen LogP contribution is 2.24. The topological polar surface area (TPSA) is 40.5 Å². The van der Waals surface area contributed by atoms with Crippen molar-refractivity contribution in [2.45, 2.75) is 77.7 Å². The van der Waals surface area contributed by atoms with Gasteiger partial charge in [0.1, 0.15) is 0 Å². The van der Waals surface area contributed by atoms with Gasteiger partial charge in [-0.05, 0) is 25.7 Å². The lowest BCUT2D eigenvalue weighted by Gasteiger charge is -2.28. The lowest BCUT2D eigenvalue weighted by atomic mass is 9.94. The molecule has 0 bridgehead atoms. The molecule has 0 aromatic carbocycles.